The van der Waals surface area contributed by atoms with Gasteiger partial charge in [0.1, 0.15) is 12.7 Å². The third-order valence-electron chi connectivity index (χ3n) is 4.10. The molecular weight excluding hydrogens is 331 g/mol. The molecule has 1 aliphatic rings. The number of nitrogens with one attached hydrogen (secondary N) is 1. The summed E-state index contributed by atoms with van der Waals surface area (Å²) in [6.45, 7) is -1.31. The molecule has 0 aliphatic carbocycles. The van der Waals surface area contributed by atoms with Crippen LogP contribution in [0.15, 0.2) is 48.5 Å². The molecule has 0 fully saturated rings. The quantitative estimate of drug-likeness (QED) is 0.913. The minimum atomic E-state index is -4.48. The molecular formula is C18H18F3N3O. The van der Waals surface area contributed by atoms with Gasteiger partial charge < -0.3 is 15.1 Å². The molecule has 0 radical (unpaired) electrons. The highest BCUT2D eigenvalue weighted by Crippen LogP contribution is 2.35. The van der Waals surface area contributed by atoms with E-state index in [1.54, 1.807) is 30.3 Å². The van der Waals surface area contributed by atoms with E-state index < -0.39 is 24.8 Å². The highest BCUT2D eigenvalue weighted by molar-refractivity contribution is 6.01. The third-order valence-corrected chi connectivity index (χ3v) is 4.10. The molecule has 3 rings (SSSR count). The summed E-state index contributed by atoms with van der Waals surface area (Å²) in [5.41, 5.74) is 2.30. The number of fused-ring (bicyclic) bond motifs is 1. The predicted octanol–water partition coefficient (Wildman–Crippen LogP) is 3.88. The largest absolute Gasteiger partial charge is 0.406 e. The van der Waals surface area contributed by atoms with Crippen molar-refractivity contribution in [2.75, 3.05) is 30.9 Å². The van der Waals surface area contributed by atoms with Gasteiger partial charge >= 0.3 is 6.18 Å². The van der Waals surface area contributed by atoms with Gasteiger partial charge in [0, 0.05) is 25.5 Å². The van der Waals surface area contributed by atoms with Crippen molar-refractivity contribution in [1.29, 1.82) is 0 Å². The van der Waals surface area contributed by atoms with Gasteiger partial charge in [0.2, 0.25) is 0 Å². The molecule has 1 amide bonds. The Morgan fingerprint density at radius 3 is 2.32 bits per heavy atom. The van der Waals surface area contributed by atoms with E-state index in [0.717, 1.165) is 10.6 Å². The molecule has 0 aromatic heterocycles. The van der Waals surface area contributed by atoms with E-state index in [0.29, 0.717) is 11.3 Å². The third kappa shape index (κ3) is 3.55. The molecule has 132 valence electrons. The lowest BCUT2D eigenvalue weighted by atomic mass is 10.0. The molecule has 1 aliphatic heterocycles. The zero-order valence-corrected chi connectivity index (χ0v) is 13.8. The van der Waals surface area contributed by atoms with E-state index in [4.69, 9.17) is 0 Å². The minimum Gasteiger partial charge on any atom is -0.378 e. The van der Waals surface area contributed by atoms with Crippen molar-refractivity contribution in [2.45, 2.75) is 12.3 Å². The van der Waals surface area contributed by atoms with E-state index in [1.807, 2.05) is 31.1 Å². The van der Waals surface area contributed by atoms with E-state index in [-0.39, 0.29) is 5.56 Å². The summed E-state index contributed by atoms with van der Waals surface area (Å²) in [6.07, 6.45) is -5.36. The Kier molecular flexibility index (Phi) is 4.32. The van der Waals surface area contributed by atoms with Gasteiger partial charge in [-0.1, -0.05) is 24.3 Å². The van der Waals surface area contributed by atoms with E-state index in [1.165, 1.54) is 6.07 Å². The first-order valence-corrected chi connectivity index (χ1v) is 7.77. The number of amides is 1. The lowest BCUT2D eigenvalue weighted by molar-refractivity contribution is -0.144. The fourth-order valence-corrected chi connectivity index (χ4v) is 2.87. The Morgan fingerprint density at radius 2 is 1.72 bits per heavy atom. The number of benzene rings is 2. The van der Waals surface area contributed by atoms with E-state index >= 15 is 0 Å². The highest BCUT2D eigenvalue weighted by Gasteiger charge is 2.40. The van der Waals surface area contributed by atoms with Crippen molar-refractivity contribution < 1.29 is 18.0 Å². The van der Waals surface area contributed by atoms with Crippen molar-refractivity contribution >= 4 is 17.3 Å². The summed E-state index contributed by atoms with van der Waals surface area (Å²) in [7, 11) is 3.76. The first-order valence-electron chi connectivity index (χ1n) is 7.77. The maximum atomic E-state index is 13.0. The summed E-state index contributed by atoms with van der Waals surface area (Å²) in [5, 5.41) is 3.06. The zero-order valence-electron chi connectivity index (χ0n) is 13.8. The van der Waals surface area contributed by atoms with Crippen LogP contribution in [0.25, 0.3) is 0 Å². The maximum absolute atomic E-state index is 13.0. The summed E-state index contributed by atoms with van der Waals surface area (Å²) in [4.78, 5) is 15.4. The molecule has 1 atom stereocenters. The number of carbonyl (C=O) groups excluding carboxylic acids is 1. The Hall–Kier alpha value is -2.70. The summed E-state index contributed by atoms with van der Waals surface area (Å²) in [5.74, 6) is -0.631. The molecule has 25 heavy (non-hydrogen) atoms. The molecule has 2 aromatic carbocycles. The SMILES string of the molecule is CN(C)c1ccc(C2Nc3ccccc3C(=O)N2CC(F)(F)F)cc1. The number of halogens is 3. The Balaban J connectivity index is 2.01. The molecule has 0 saturated heterocycles. The normalized spacial score (nSPS) is 17.1. The van der Waals surface area contributed by atoms with Crippen molar-refractivity contribution in [3.63, 3.8) is 0 Å². The van der Waals surface area contributed by atoms with Crippen molar-refractivity contribution in [3.05, 3.63) is 59.7 Å². The van der Waals surface area contributed by atoms with E-state index in [9.17, 15) is 18.0 Å². The van der Waals surface area contributed by atoms with Gasteiger partial charge in [0.05, 0.1) is 5.56 Å². The van der Waals surface area contributed by atoms with Gasteiger partial charge in [-0.15, -0.1) is 0 Å². The van der Waals surface area contributed by atoms with Crippen LogP contribution in [-0.4, -0.2) is 37.6 Å². The van der Waals surface area contributed by atoms with Crippen LogP contribution in [-0.2, 0) is 0 Å². The second-order valence-electron chi connectivity index (χ2n) is 6.13. The van der Waals surface area contributed by atoms with Gasteiger partial charge in [-0.25, -0.2) is 0 Å². The molecule has 4 nitrogen and oxygen atoms in total. The highest BCUT2D eigenvalue weighted by atomic mass is 19.4. The van der Waals surface area contributed by atoms with Crippen molar-refractivity contribution in [2.24, 2.45) is 0 Å². The Bertz CT molecular complexity index is 772. The minimum absolute atomic E-state index is 0.243. The van der Waals surface area contributed by atoms with E-state index in [2.05, 4.69) is 5.32 Å². The van der Waals surface area contributed by atoms with Crippen LogP contribution in [0.4, 0.5) is 24.5 Å². The molecule has 1 heterocycles. The van der Waals surface area contributed by atoms with Crippen LogP contribution in [0.5, 0.6) is 0 Å². The first-order chi connectivity index (χ1) is 11.8. The maximum Gasteiger partial charge on any atom is 0.406 e. The molecule has 1 unspecified atom stereocenters. The van der Waals surface area contributed by atoms with Crippen LogP contribution < -0.4 is 10.2 Å². The predicted molar refractivity (Wildman–Crippen MR) is 90.7 cm³/mol. The Labute approximate surface area is 143 Å². The van der Waals surface area contributed by atoms with Gasteiger partial charge in [0.25, 0.3) is 5.91 Å². The number of carbonyl (C=O) groups is 1. The zero-order chi connectivity index (χ0) is 18.2. The second kappa shape index (κ2) is 6.31. The summed E-state index contributed by atoms with van der Waals surface area (Å²) < 4.78 is 39.1. The monoisotopic (exact) mass is 349 g/mol. The van der Waals surface area contributed by atoms with Gasteiger partial charge in [0.15, 0.2) is 0 Å². The first kappa shape index (κ1) is 17.1. The molecule has 7 heteroatoms. The van der Waals surface area contributed by atoms with Crippen LogP contribution in [0, 0.1) is 0 Å². The number of para-hydroxylation sites is 1. The number of anilines is 2. The molecule has 0 bridgehead atoms. The lowest BCUT2D eigenvalue weighted by Crippen LogP contribution is -2.47. The smallest absolute Gasteiger partial charge is 0.378 e. The second-order valence-corrected chi connectivity index (χ2v) is 6.13. The average molecular weight is 349 g/mol. The van der Waals surface area contributed by atoms with Crippen molar-refractivity contribution in [3.8, 4) is 0 Å². The number of nitrogens with zero attached hydrogens (tertiary/aromatic N) is 2. The van der Waals surface area contributed by atoms with Gasteiger partial charge in [-0.05, 0) is 29.8 Å². The van der Waals surface area contributed by atoms with Crippen LogP contribution in [0.1, 0.15) is 22.1 Å². The summed E-state index contributed by atoms with van der Waals surface area (Å²) >= 11 is 0. The average Bonchev–Trinajstić information content (AvgIpc) is 2.56. The fraction of sp³-hybridized carbons (Fsp3) is 0.278. The number of alkyl halides is 3. The standard InChI is InChI=1S/C18H18F3N3O/c1-23(2)13-9-7-12(8-10-13)16-22-15-6-4-3-5-14(15)17(25)24(16)11-18(19,20)21/h3-10,16,22H,11H2,1-2H3. The lowest BCUT2D eigenvalue weighted by Gasteiger charge is -2.38. The van der Waals surface area contributed by atoms with Crippen LogP contribution in [0.2, 0.25) is 0 Å². The van der Waals surface area contributed by atoms with Crippen LogP contribution >= 0.6 is 0 Å². The number of hydrogen-bond donors (Lipinski definition) is 1. The molecule has 1 N–H and O–H groups in total. The number of hydrogen-bond acceptors (Lipinski definition) is 3. The number of rotatable bonds is 3. The summed E-state index contributed by atoms with van der Waals surface area (Å²) in [6, 6.07) is 13.7. The van der Waals surface area contributed by atoms with Gasteiger partial charge in [-0.3, -0.25) is 4.79 Å². The Morgan fingerprint density at radius 1 is 1.08 bits per heavy atom. The molecule has 2 aromatic rings. The van der Waals surface area contributed by atoms with Crippen LogP contribution in [0.3, 0.4) is 0 Å². The van der Waals surface area contributed by atoms with Crippen molar-refractivity contribution in [1.82, 2.24) is 4.90 Å². The molecule has 0 saturated carbocycles. The van der Waals surface area contributed by atoms with Gasteiger partial charge in [-0.2, -0.15) is 13.2 Å². The fourth-order valence-electron chi connectivity index (χ4n) is 2.87. The molecule has 0 spiro atoms. The topological polar surface area (TPSA) is 35.6 Å².